The highest BCUT2D eigenvalue weighted by molar-refractivity contribution is 14.1. The van der Waals surface area contributed by atoms with Gasteiger partial charge in [0.1, 0.15) is 11.3 Å². The average molecular weight is 513 g/mol. The molecular weight excluding hydrogens is 499 g/mol. The number of hydrogen-bond donors (Lipinski definition) is 1. The number of halogens is 2. The number of aromatic nitrogens is 3. The van der Waals surface area contributed by atoms with E-state index in [1.807, 2.05) is 29.2 Å². The zero-order chi connectivity index (χ0) is 17.4. The Morgan fingerprint density at radius 3 is 2.68 bits per heavy atom. The van der Waals surface area contributed by atoms with Crippen LogP contribution in [0.25, 0.3) is 22.6 Å². The van der Waals surface area contributed by atoms with Crippen molar-refractivity contribution in [3.63, 3.8) is 0 Å². The molecule has 0 saturated carbocycles. The van der Waals surface area contributed by atoms with Gasteiger partial charge in [0.05, 0.1) is 21.3 Å². The van der Waals surface area contributed by atoms with Gasteiger partial charge in [-0.05, 0) is 50.7 Å². The fourth-order valence-corrected chi connectivity index (χ4v) is 3.56. The van der Waals surface area contributed by atoms with Crippen molar-refractivity contribution in [3.8, 4) is 11.4 Å². The second-order valence-corrected chi connectivity index (χ2v) is 7.62. The highest BCUT2D eigenvalue weighted by Gasteiger charge is 2.18. The first-order valence-electron chi connectivity index (χ1n) is 7.80. The van der Waals surface area contributed by atoms with Crippen molar-refractivity contribution >= 4 is 55.6 Å². The maximum Gasteiger partial charge on any atom is 0.254 e. The number of ether oxygens (including phenoxy) is 1. The minimum absolute atomic E-state index is 0.0413. The first-order chi connectivity index (χ1) is 12.1. The fraction of sp³-hybridized carbons (Fsp3) is 0.235. The number of carbonyl (C=O) groups excluding carboxylic acids is 1. The molecule has 1 saturated heterocycles. The lowest BCUT2D eigenvalue weighted by Gasteiger charge is -2.26. The quantitative estimate of drug-likeness (QED) is 0.534. The number of nitrogens with one attached hydrogen (secondary N) is 1. The molecule has 1 fully saturated rings. The number of hydrogen-bond acceptors (Lipinski definition) is 4. The highest BCUT2D eigenvalue weighted by atomic mass is 127. The minimum atomic E-state index is 0.0413. The molecule has 3 heterocycles. The van der Waals surface area contributed by atoms with E-state index in [4.69, 9.17) is 4.74 Å². The number of rotatable bonds is 2. The molecule has 1 amide bonds. The van der Waals surface area contributed by atoms with Crippen molar-refractivity contribution in [1.82, 2.24) is 19.9 Å². The summed E-state index contributed by atoms with van der Waals surface area (Å²) in [6.07, 6.45) is 1.76. The summed E-state index contributed by atoms with van der Waals surface area (Å²) in [4.78, 5) is 26.5. The van der Waals surface area contributed by atoms with Crippen LogP contribution in [-0.2, 0) is 4.74 Å². The van der Waals surface area contributed by atoms with Crippen LogP contribution in [0.1, 0.15) is 10.4 Å². The van der Waals surface area contributed by atoms with E-state index in [0.717, 1.165) is 30.6 Å². The van der Waals surface area contributed by atoms with Gasteiger partial charge in [-0.1, -0.05) is 12.1 Å². The first kappa shape index (κ1) is 16.9. The number of benzene rings is 1. The Morgan fingerprint density at radius 1 is 1.24 bits per heavy atom. The molecule has 6 nitrogen and oxygen atoms in total. The molecule has 25 heavy (non-hydrogen) atoms. The zero-order valence-electron chi connectivity index (χ0n) is 13.1. The van der Waals surface area contributed by atoms with Gasteiger partial charge in [-0.25, -0.2) is 9.97 Å². The predicted molar refractivity (Wildman–Crippen MR) is 106 cm³/mol. The molecule has 3 aromatic rings. The van der Waals surface area contributed by atoms with E-state index in [2.05, 4.69) is 53.5 Å². The van der Waals surface area contributed by atoms with Gasteiger partial charge in [0.25, 0.3) is 5.91 Å². The van der Waals surface area contributed by atoms with Crippen LogP contribution in [-0.4, -0.2) is 52.1 Å². The Bertz CT molecular complexity index is 936. The van der Waals surface area contributed by atoms with Gasteiger partial charge >= 0.3 is 0 Å². The molecule has 8 heteroatoms. The first-order valence-corrected chi connectivity index (χ1v) is 9.68. The van der Waals surface area contributed by atoms with E-state index in [-0.39, 0.29) is 5.91 Å². The summed E-state index contributed by atoms with van der Waals surface area (Å²) in [5.74, 6) is 0.781. The van der Waals surface area contributed by atoms with Gasteiger partial charge in [-0.2, -0.15) is 0 Å². The number of imidazole rings is 1. The molecule has 0 radical (unpaired) electrons. The second kappa shape index (κ2) is 7.00. The molecule has 0 aliphatic carbocycles. The SMILES string of the molecule is O=C(c1ccc(-c2nc3c(I)c(Br)cnc3[nH]2)cc1)N1CCOCC1. The van der Waals surface area contributed by atoms with Crippen LogP contribution in [0.3, 0.4) is 0 Å². The van der Waals surface area contributed by atoms with Crippen LogP contribution >= 0.6 is 38.5 Å². The Morgan fingerprint density at radius 2 is 1.96 bits per heavy atom. The number of aromatic amines is 1. The average Bonchev–Trinajstić information content (AvgIpc) is 3.10. The summed E-state index contributed by atoms with van der Waals surface area (Å²) >= 11 is 5.71. The molecule has 4 rings (SSSR count). The Kier molecular flexibility index (Phi) is 4.74. The van der Waals surface area contributed by atoms with Crippen LogP contribution in [0.4, 0.5) is 0 Å². The lowest BCUT2D eigenvalue weighted by molar-refractivity contribution is 0.0303. The monoisotopic (exact) mass is 512 g/mol. The normalized spacial score (nSPS) is 14.9. The largest absolute Gasteiger partial charge is 0.378 e. The molecule has 0 spiro atoms. The van der Waals surface area contributed by atoms with Crippen molar-refractivity contribution < 1.29 is 9.53 Å². The van der Waals surface area contributed by atoms with Crippen LogP contribution < -0.4 is 0 Å². The Labute approximate surface area is 166 Å². The molecular formula is C17H14BrIN4O2. The topological polar surface area (TPSA) is 71.1 Å². The number of pyridine rings is 1. The van der Waals surface area contributed by atoms with E-state index in [1.54, 1.807) is 6.20 Å². The van der Waals surface area contributed by atoms with E-state index in [9.17, 15) is 4.79 Å². The number of morpholine rings is 1. The summed E-state index contributed by atoms with van der Waals surface area (Å²) < 4.78 is 7.23. The molecule has 0 unspecified atom stereocenters. The number of nitrogens with zero attached hydrogens (tertiary/aromatic N) is 3. The van der Waals surface area contributed by atoms with Gasteiger partial charge in [-0.3, -0.25) is 4.79 Å². The number of H-pyrrole nitrogens is 1. The highest BCUT2D eigenvalue weighted by Crippen LogP contribution is 2.27. The molecule has 128 valence electrons. The number of amides is 1. The molecule has 1 aliphatic heterocycles. The summed E-state index contributed by atoms with van der Waals surface area (Å²) in [6, 6.07) is 7.50. The summed E-state index contributed by atoms with van der Waals surface area (Å²) in [7, 11) is 0. The van der Waals surface area contributed by atoms with E-state index in [1.165, 1.54) is 0 Å². The minimum Gasteiger partial charge on any atom is -0.378 e. The molecule has 0 atom stereocenters. The summed E-state index contributed by atoms with van der Waals surface area (Å²) in [6.45, 7) is 2.49. The maximum absolute atomic E-state index is 12.5. The van der Waals surface area contributed by atoms with E-state index >= 15 is 0 Å². The van der Waals surface area contributed by atoms with Crippen LogP contribution in [0, 0.1) is 3.57 Å². The molecule has 0 bridgehead atoms. The Hall–Kier alpha value is -1.52. The standard InChI is InChI=1S/C17H14BrIN4O2/c18-12-9-20-16-14(13(12)19)21-15(22-16)10-1-3-11(4-2-10)17(24)23-5-7-25-8-6-23/h1-4,9H,5-8H2,(H,20,21,22). The Balaban J connectivity index is 1.61. The third-order valence-electron chi connectivity index (χ3n) is 4.11. The molecule has 1 aliphatic rings. The molecule has 1 aromatic carbocycles. The zero-order valence-corrected chi connectivity index (χ0v) is 16.9. The third-order valence-corrected chi connectivity index (χ3v) is 6.55. The van der Waals surface area contributed by atoms with Crippen molar-refractivity contribution in [2.24, 2.45) is 0 Å². The smallest absolute Gasteiger partial charge is 0.254 e. The summed E-state index contributed by atoms with van der Waals surface area (Å²) in [5.41, 5.74) is 3.18. The van der Waals surface area contributed by atoms with Crippen LogP contribution in [0.2, 0.25) is 0 Å². The van der Waals surface area contributed by atoms with Crippen LogP contribution in [0.5, 0.6) is 0 Å². The second-order valence-electron chi connectivity index (χ2n) is 5.68. The lowest BCUT2D eigenvalue weighted by atomic mass is 10.1. The molecule has 2 aromatic heterocycles. The lowest BCUT2D eigenvalue weighted by Crippen LogP contribution is -2.40. The van der Waals surface area contributed by atoms with E-state index in [0.29, 0.717) is 31.9 Å². The fourth-order valence-electron chi connectivity index (χ4n) is 2.76. The van der Waals surface area contributed by atoms with Gasteiger partial charge in [-0.15, -0.1) is 0 Å². The maximum atomic E-state index is 12.5. The molecule has 1 N–H and O–H groups in total. The predicted octanol–water partition coefficient (Wildman–Crippen LogP) is 3.46. The number of fused-ring (bicyclic) bond motifs is 1. The van der Waals surface area contributed by atoms with Gasteiger partial charge in [0, 0.05) is 30.4 Å². The number of carbonyl (C=O) groups is 1. The van der Waals surface area contributed by atoms with Crippen LogP contribution in [0.15, 0.2) is 34.9 Å². The van der Waals surface area contributed by atoms with Crippen molar-refractivity contribution in [3.05, 3.63) is 44.1 Å². The van der Waals surface area contributed by atoms with E-state index < -0.39 is 0 Å². The summed E-state index contributed by atoms with van der Waals surface area (Å²) in [5, 5.41) is 0. The van der Waals surface area contributed by atoms with Gasteiger partial charge < -0.3 is 14.6 Å². The van der Waals surface area contributed by atoms with Crippen molar-refractivity contribution in [1.29, 1.82) is 0 Å². The van der Waals surface area contributed by atoms with Gasteiger partial charge in [0.15, 0.2) is 5.65 Å². The van der Waals surface area contributed by atoms with Gasteiger partial charge in [0.2, 0.25) is 0 Å². The van der Waals surface area contributed by atoms with Crippen molar-refractivity contribution in [2.45, 2.75) is 0 Å². The third kappa shape index (κ3) is 3.30. The van der Waals surface area contributed by atoms with Crippen molar-refractivity contribution in [2.75, 3.05) is 26.3 Å².